The summed E-state index contributed by atoms with van der Waals surface area (Å²) in [4.78, 5) is 0.217. The minimum atomic E-state index is -3.50. The highest BCUT2D eigenvalue weighted by Crippen LogP contribution is 2.27. The van der Waals surface area contributed by atoms with Crippen LogP contribution in [0.3, 0.4) is 0 Å². The molecule has 2 rings (SSSR count). The number of halogens is 1. The molecular weight excluding hydrogens is 342 g/mol. The highest BCUT2D eigenvalue weighted by Gasteiger charge is 2.16. The summed E-state index contributed by atoms with van der Waals surface area (Å²) in [7, 11) is -1.99. The average Bonchev–Trinajstić information content (AvgIpc) is 2.46. The van der Waals surface area contributed by atoms with Gasteiger partial charge in [-0.1, -0.05) is 11.6 Å². The van der Waals surface area contributed by atoms with Crippen LogP contribution < -0.4 is 9.46 Å². The van der Waals surface area contributed by atoms with Gasteiger partial charge in [0.1, 0.15) is 5.75 Å². The number of allylic oxidation sites excluding steroid dienone is 1. The molecule has 4 nitrogen and oxygen atoms in total. The van der Waals surface area contributed by atoms with Crippen LogP contribution in [0.4, 0.5) is 0 Å². The van der Waals surface area contributed by atoms with E-state index in [2.05, 4.69) is 26.7 Å². The van der Waals surface area contributed by atoms with Crippen LogP contribution in [-0.4, -0.2) is 22.1 Å². The number of ether oxygens (including phenoxy) is 1. The number of hydrogen-bond donors (Lipinski definition) is 1. The Bertz CT molecular complexity index is 611. The first kappa shape index (κ1) is 15.5. The first-order valence-electron chi connectivity index (χ1n) is 6.54. The van der Waals surface area contributed by atoms with E-state index in [1.807, 2.05) is 0 Å². The topological polar surface area (TPSA) is 55.4 Å². The predicted molar refractivity (Wildman–Crippen MR) is 82.4 cm³/mol. The number of nitrogens with one attached hydrogen (secondary N) is 1. The second-order valence-corrected chi connectivity index (χ2v) is 7.35. The Morgan fingerprint density at radius 2 is 2.15 bits per heavy atom. The van der Waals surface area contributed by atoms with Crippen LogP contribution >= 0.6 is 15.9 Å². The summed E-state index contributed by atoms with van der Waals surface area (Å²) in [5.41, 5.74) is 1.17. The lowest BCUT2D eigenvalue weighted by Gasteiger charge is -2.14. The lowest BCUT2D eigenvalue weighted by Crippen LogP contribution is -2.26. The smallest absolute Gasteiger partial charge is 0.240 e. The number of hydrogen-bond acceptors (Lipinski definition) is 3. The van der Waals surface area contributed by atoms with Crippen molar-refractivity contribution in [2.45, 2.75) is 30.6 Å². The zero-order chi connectivity index (χ0) is 14.6. The SMILES string of the molecule is COc1cc(S(=O)(=O)NCC2=CCCCC2)ccc1Br. The van der Waals surface area contributed by atoms with Gasteiger partial charge in [-0.2, -0.15) is 0 Å². The van der Waals surface area contributed by atoms with E-state index in [0.717, 1.165) is 23.7 Å². The first-order chi connectivity index (χ1) is 9.53. The summed E-state index contributed by atoms with van der Waals surface area (Å²) in [5, 5.41) is 0. The van der Waals surface area contributed by atoms with Gasteiger partial charge in [0.15, 0.2) is 0 Å². The van der Waals surface area contributed by atoms with Crippen LogP contribution in [0.5, 0.6) is 5.75 Å². The first-order valence-corrected chi connectivity index (χ1v) is 8.81. The van der Waals surface area contributed by atoms with Gasteiger partial charge in [0.05, 0.1) is 16.5 Å². The molecule has 0 radical (unpaired) electrons. The molecule has 1 aromatic carbocycles. The minimum Gasteiger partial charge on any atom is -0.496 e. The van der Waals surface area contributed by atoms with Crippen molar-refractivity contribution in [2.75, 3.05) is 13.7 Å². The van der Waals surface area contributed by atoms with Crippen molar-refractivity contribution >= 4 is 26.0 Å². The Balaban J connectivity index is 2.11. The van der Waals surface area contributed by atoms with Gasteiger partial charge >= 0.3 is 0 Å². The summed E-state index contributed by atoms with van der Waals surface area (Å²) in [6.07, 6.45) is 6.49. The Labute approximate surface area is 128 Å². The van der Waals surface area contributed by atoms with Crippen LogP contribution in [0.15, 0.2) is 39.2 Å². The molecule has 0 saturated carbocycles. The highest BCUT2D eigenvalue weighted by atomic mass is 79.9. The lowest BCUT2D eigenvalue weighted by molar-refractivity contribution is 0.410. The molecule has 20 heavy (non-hydrogen) atoms. The maximum absolute atomic E-state index is 12.2. The van der Waals surface area contributed by atoms with Gasteiger partial charge in [0, 0.05) is 12.6 Å². The molecule has 1 N–H and O–H groups in total. The molecule has 0 amide bonds. The van der Waals surface area contributed by atoms with Crippen molar-refractivity contribution in [3.8, 4) is 5.75 Å². The third-order valence-corrected chi connectivity index (χ3v) is 5.36. The van der Waals surface area contributed by atoms with Gasteiger partial charge in [-0.05, 0) is 53.7 Å². The molecule has 0 saturated heterocycles. The quantitative estimate of drug-likeness (QED) is 0.821. The molecule has 1 aliphatic rings. The normalized spacial score (nSPS) is 15.8. The van der Waals surface area contributed by atoms with Crippen LogP contribution in [0.25, 0.3) is 0 Å². The summed E-state index contributed by atoms with van der Waals surface area (Å²) in [6.45, 7) is 0.390. The van der Waals surface area contributed by atoms with Crippen molar-refractivity contribution < 1.29 is 13.2 Å². The fraction of sp³-hybridized carbons (Fsp3) is 0.429. The van der Waals surface area contributed by atoms with Crippen molar-refractivity contribution in [1.82, 2.24) is 4.72 Å². The molecule has 1 aromatic rings. The fourth-order valence-electron chi connectivity index (χ4n) is 2.14. The van der Waals surface area contributed by atoms with E-state index in [-0.39, 0.29) is 4.90 Å². The standard InChI is InChI=1S/C14H18BrNO3S/c1-19-14-9-12(7-8-13(14)15)20(17,18)16-10-11-5-3-2-4-6-11/h5,7-9,16H,2-4,6,10H2,1H3. The zero-order valence-corrected chi connectivity index (χ0v) is 13.8. The largest absolute Gasteiger partial charge is 0.496 e. The van der Waals surface area contributed by atoms with E-state index in [1.165, 1.54) is 25.2 Å². The summed E-state index contributed by atoms with van der Waals surface area (Å²) in [6, 6.07) is 4.75. The molecule has 0 aliphatic heterocycles. The fourth-order valence-corrected chi connectivity index (χ4v) is 3.60. The molecule has 0 atom stereocenters. The number of methoxy groups -OCH3 is 1. The molecule has 0 heterocycles. The number of benzene rings is 1. The van der Waals surface area contributed by atoms with E-state index in [0.29, 0.717) is 12.3 Å². The summed E-state index contributed by atoms with van der Waals surface area (Å²) in [5.74, 6) is 0.504. The van der Waals surface area contributed by atoms with Gasteiger partial charge in [-0.15, -0.1) is 0 Å². The summed E-state index contributed by atoms with van der Waals surface area (Å²) >= 11 is 3.31. The predicted octanol–water partition coefficient (Wildman–Crippen LogP) is 3.24. The van der Waals surface area contributed by atoms with Crippen LogP contribution in [0.2, 0.25) is 0 Å². The van der Waals surface area contributed by atoms with Crippen molar-refractivity contribution in [3.63, 3.8) is 0 Å². The number of sulfonamides is 1. The Morgan fingerprint density at radius 3 is 2.80 bits per heavy atom. The second kappa shape index (κ2) is 6.74. The average molecular weight is 360 g/mol. The summed E-state index contributed by atoms with van der Waals surface area (Å²) < 4.78 is 33.0. The molecule has 0 fully saturated rings. The zero-order valence-electron chi connectivity index (χ0n) is 11.4. The maximum atomic E-state index is 12.2. The van der Waals surface area contributed by atoms with Gasteiger partial charge in [0.2, 0.25) is 10.0 Å². The molecule has 0 spiro atoms. The molecular formula is C14H18BrNO3S. The van der Waals surface area contributed by atoms with Crippen LogP contribution in [-0.2, 0) is 10.0 Å². The van der Waals surface area contributed by atoms with Crippen LogP contribution in [0.1, 0.15) is 25.7 Å². The van der Waals surface area contributed by atoms with Gasteiger partial charge in [0.25, 0.3) is 0 Å². The molecule has 0 aromatic heterocycles. The second-order valence-electron chi connectivity index (χ2n) is 4.73. The Morgan fingerprint density at radius 1 is 1.35 bits per heavy atom. The van der Waals surface area contributed by atoms with Crippen LogP contribution in [0, 0.1) is 0 Å². The van der Waals surface area contributed by atoms with E-state index < -0.39 is 10.0 Å². The van der Waals surface area contributed by atoms with Gasteiger partial charge in [-0.3, -0.25) is 0 Å². The molecule has 6 heteroatoms. The van der Waals surface area contributed by atoms with E-state index in [4.69, 9.17) is 4.74 Å². The van der Waals surface area contributed by atoms with Gasteiger partial charge in [-0.25, -0.2) is 13.1 Å². The van der Waals surface area contributed by atoms with Crippen molar-refractivity contribution in [2.24, 2.45) is 0 Å². The Kier molecular flexibility index (Phi) is 5.23. The molecule has 1 aliphatic carbocycles. The molecule has 110 valence electrons. The third-order valence-electron chi connectivity index (χ3n) is 3.31. The minimum absolute atomic E-state index is 0.217. The van der Waals surface area contributed by atoms with Crippen molar-refractivity contribution in [1.29, 1.82) is 0 Å². The van der Waals surface area contributed by atoms with E-state index >= 15 is 0 Å². The third kappa shape index (κ3) is 3.84. The molecule has 0 bridgehead atoms. The maximum Gasteiger partial charge on any atom is 0.240 e. The molecule has 0 unspecified atom stereocenters. The van der Waals surface area contributed by atoms with E-state index in [1.54, 1.807) is 12.1 Å². The van der Waals surface area contributed by atoms with E-state index in [9.17, 15) is 8.42 Å². The monoisotopic (exact) mass is 359 g/mol. The number of rotatable bonds is 5. The van der Waals surface area contributed by atoms with Crippen molar-refractivity contribution in [3.05, 3.63) is 34.3 Å². The Hall–Kier alpha value is -0.850. The highest BCUT2D eigenvalue weighted by molar-refractivity contribution is 9.10. The lowest BCUT2D eigenvalue weighted by atomic mass is 10.0. The van der Waals surface area contributed by atoms with Gasteiger partial charge < -0.3 is 4.74 Å².